The van der Waals surface area contributed by atoms with Gasteiger partial charge in [-0.05, 0) is 11.5 Å². The van der Waals surface area contributed by atoms with Crippen molar-refractivity contribution in [2.24, 2.45) is 5.92 Å². The number of nitrogens with one attached hydrogen (secondary N) is 2. The average molecular weight is 352 g/mol. The molecule has 1 aromatic rings. The molecule has 0 fully saturated rings. The predicted octanol–water partition coefficient (Wildman–Crippen LogP) is 0.889. The number of carbonyl (C=O) groups is 3. The maximum atomic E-state index is 12.3. The molecule has 25 heavy (non-hydrogen) atoms. The molecule has 0 aliphatic carbocycles. The van der Waals surface area contributed by atoms with E-state index in [1.54, 1.807) is 19.1 Å². The molecule has 0 radical (unpaired) electrons. The second-order valence-corrected chi connectivity index (χ2v) is 5.65. The van der Waals surface area contributed by atoms with Crippen molar-refractivity contribution in [2.75, 3.05) is 6.61 Å². The van der Waals surface area contributed by atoms with Gasteiger partial charge in [0.05, 0.1) is 6.61 Å². The minimum atomic E-state index is -1.43. The minimum absolute atomic E-state index is 0.0515. The Morgan fingerprint density at radius 2 is 1.80 bits per heavy atom. The lowest BCUT2D eigenvalue weighted by Gasteiger charge is -2.24. The van der Waals surface area contributed by atoms with Gasteiger partial charge in [0.2, 0.25) is 5.91 Å². The molecule has 2 amide bonds. The van der Waals surface area contributed by atoms with Gasteiger partial charge in [0, 0.05) is 0 Å². The molecule has 1 rings (SSSR count). The number of aliphatic carboxylic acids is 1. The second kappa shape index (κ2) is 10.3. The highest BCUT2D eigenvalue weighted by Crippen LogP contribution is 2.09. The SMILES string of the molecule is CCC(C)C(NC(=O)OCc1ccccc1)C(=O)NC(CO)C(=O)O. The van der Waals surface area contributed by atoms with E-state index in [-0.39, 0.29) is 12.5 Å². The standard InChI is InChI=1S/C17H24N2O6/c1-3-11(2)14(15(21)18-13(9-20)16(22)23)19-17(24)25-10-12-7-5-4-6-8-12/h4-8,11,13-14,20H,3,9-10H2,1-2H3,(H,18,21)(H,19,24)(H,22,23). The highest BCUT2D eigenvalue weighted by atomic mass is 16.5. The molecule has 3 atom stereocenters. The molecule has 4 N–H and O–H groups in total. The number of ether oxygens (including phenoxy) is 1. The molecular formula is C17H24N2O6. The summed E-state index contributed by atoms with van der Waals surface area (Å²) in [5.41, 5.74) is 0.799. The molecule has 8 nitrogen and oxygen atoms in total. The number of alkyl carbamates (subject to hydrolysis) is 1. The number of carboxylic acids is 1. The van der Waals surface area contributed by atoms with E-state index in [1.807, 2.05) is 25.1 Å². The summed E-state index contributed by atoms with van der Waals surface area (Å²) in [6.45, 7) is 2.89. The summed E-state index contributed by atoms with van der Waals surface area (Å²) in [7, 11) is 0. The number of carbonyl (C=O) groups excluding carboxylic acids is 2. The van der Waals surface area contributed by atoms with Crippen LogP contribution in [0.5, 0.6) is 0 Å². The van der Waals surface area contributed by atoms with Crippen molar-refractivity contribution in [3.05, 3.63) is 35.9 Å². The van der Waals surface area contributed by atoms with Crippen LogP contribution < -0.4 is 10.6 Å². The Hall–Kier alpha value is -2.61. The number of rotatable bonds is 9. The fourth-order valence-corrected chi connectivity index (χ4v) is 2.04. The zero-order chi connectivity index (χ0) is 18.8. The van der Waals surface area contributed by atoms with Crippen LogP contribution in [0.4, 0.5) is 4.79 Å². The van der Waals surface area contributed by atoms with Crippen LogP contribution in [0.25, 0.3) is 0 Å². The fourth-order valence-electron chi connectivity index (χ4n) is 2.04. The van der Waals surface area contributed by atoms with Crippen LogP contribution in [0, 0.1) is 5.92 Å². The Labute approximate surface area is 146 Å². The van der Waals surface area contributed by atoms with E-state index in [0.29, 0.717) is 6.42 Å². The molecule has 0 heterocycles. The molecule has 3 unspecified atom stereocenters. The smallest absolute Gasteiger partial charge is 0.408 e. The molecule has 1 aromatic carbocycles. The van der Waals surface area contributed by atoms with Crippen LogP contribution in [-0.2, 0) is 20.9 Å². The van der Waals surface area contributed by atoms with Crippen molar-refractivity contribution in [3.8, 4) is 0 Å². The lowest BCUT2D eigenvalue weighted by molar-refractivity contribution is -0.143. The summed E-state index contributed by atoms with van der Waals surface area (Å²) < 4.78 is 5.09. The van der Waals surface area contributed by atoms with Gasteiger partial charge in [-0.2, -0.15) is 0 Å². The maximum absolute atomic E-state index is 12.3. The number of benzene rings is 1. The topological polar surface area (TPSA) is 125 Å². The first-order chi connectivity index (χ1) is 11.9. The summed E-state index contributed by atoms with van der Waals surface area (Å²) in [5, 5.41) is 22.6. The average Bonchev–Trinajstić information content (AvgIpc) is 2.62. The third-order valence-electron chi connectivity index (χ3n) is 3.78. The van der Waals surface area contributed by atoms with Crippen molar-refractivity contribution in [1.82, 2.24) is 10.6 Å². The molecule has 0 aromatic heterocycles. The van der Waals surface area contributed by atoms with E-state index in [1.165, 1.54) is 0 Å². The van der Waals surface area contributed by atoms with E-state index in [4.69, 9.17) is 14.9 Å². The Bertz CT molecular complexity index is 578. The molecule has 0 aliphatic rings. The van der Waals surface area contributed by atoms with Gasteiger partial charge in [-0.15, -0.1) is 0 Å². The van der Waals surface area contributed by atoms with Gasteiger partial charge in [0.25, 0.3) is 0 Å². The summed E-state index contributed by atoms with van der Waals surface area (Å²) in [4.78, 5) is 35.2. The number of amides is 2. The van der Waals surface area contributed by atoms with Crippen LogP contribution in [0.3, 0.4) is 0 Å². The first kappa shape index (κ1) is 20.4. The van der Waals surface area contributed by atoms with Gasteiger partial charge < -0.3 is 25.6 Å². The van der Waals surface area contributed by atoms with Gasteiger partial charge in [-0.1, -0.05) is 50.6 Å². The van der Waals surface area contributed by atoms with Crippen LogP contribution in [-0.4, -0.2) is 46.9 Å². The van der Waals surface area contributed by atoms with Crippen molar-refractivity contribution in [3.63, 3.8) is 0 Å². The molecule has 0 aliphatic heterocycles. The van der Waals surface area contributed by atoms with Crippen LogP contribution in [0.2, 0.25) is 0 Å². The van der Waals surface area contributed by atoms with Gasteiger partial charge in [-0.3, -0.25) is 4.79 Å². The van der Waals surface area contributed by atoms with E-state index >= 15 is 0 Å². The number of aliphatic hydroxyl groups is 1. The number of hydrogen-bond donors (Lipinski definition) is 4. The lowest BCUT2D eigenvalue weighted by atomic mass is 9.98. The summed E-state index contributed by atoms with van der Waals surface area (Å²) in [6, 6.07) is 6.66. The van der Waals surface area contributed by atoms with Gasteiger partial charge >= 0.3 is 12.1 Å². The Morgan fingerprint density at radius 1 is 1.16 bits per heavy atom. The number of hydrogen-bond acceptors (Lipinski definition) is 5. The van der Waals surface area contributed by atoms with Crippen molar-refractivity contribution >= 4 is 18.0 Å². The normalized spacial score (nSPS) is 14.0. The predicted molar refractivity (Wildman–Crippen MR) is 89.7 cm³/mol. The molecule has 138 valence electrons. The first-order valence-corrected chi connectivity index (χ1v) is 8.00. The van der Waals surface area contributed by atoms with Crippen molar-refractivity contribution < 1.29 is 29.3 Å². The fraction of sp³-hybridized carbons (Fsp3) is 0.471. The quantitative estimate of drug-likeness (QED) is 0.523. The third kappa shape index (κ3) is 6.80. The first-order valence-electron chi connectivity index (χ1n) is 8.00. The molecule has 0 saturated carbocycles. The lowest BCUT2D eigenvalue weighted by Crippen LogP contribution is -2.55. The van der Waals surface area contributed by atoms with Crippen molar-refractivity contribution in [1.29, 1.82) is 0 Å². The number of carboxylic acid groups (broad SMARTS) is 1. The van der Waals surface area contributed by atoms with Gasteiger partial charge in [0.15, 0.2) is 0 Å². The summed E-state index contributed by atoms with van der Waals surface area (Å²) in [5.74, 6) is -2.30. The zero-order valence-electron chi connectivity index (χ0n) is 14.3. The van der Waals surface area contributed by atoms with Crippen LogP contribution >= 0.6 is 0 Å². The van der Waals surface area contributed by atoms with Crippen molar-refractivity contribution in [2.45, 2.75) is 39.0 Å². The Kier molecular flexibility index (Phi) is 8.42. The number of aliphatic hydroxyl groups excluding tert-OH is 1. The summed E-state index contributed by atoms with van der Waals surface area (Å²) >= 11 is 0. The summed E-state index contributed by atoms with van der Waals surface area (Å²) in [6.07, 6.45) is -0.200. The molecule has 0 spiro atoms. The second-order valence-electron chi connectivity index (χ2n) is 5.65. The van der Waals surface area contributed by atoms with Gasteiger partial charge in [-0.25, -0.2) is 9.59 Å². The van der Waals surface area contributed by atoms with Crippen LogP contribution in [0.1, 0.15) is 25.8 Å². The Morgan fingerprint density at radius 3 is 2.32 bits per heavy atom. The zero-order valence-corrected chi connectivity index (χ0v) is 14.3. The molecule has 0 saturated heterocycles. The monoisotopic (exact) mass is 352 g/mol. The molecular weight excluding hydrogens is 328 g/mol. The van der Waals surface area contributed by atoms with Crippen LogP contribution in [0.15, 0.2) is 30.3 Å². The maximum Gasteiger partial charge on any atom is 0.408 e. The van der Waals surface area contributed by atoms with E-state index in [2.05, 4.69) is 10.6 Å². The molecule has 8 heteroatoms. The Balaban J connectivity index is 2.66. The molecule has 0 bridgehead atoms. The third-order valence-corrected chi connectivity index (χ3v) is 3.78. The minimum Gasteiger partial charge on any atom is -0.480 e. The van der Waals surface area contributed by atoms with E-state index in [9.17, 15) is 14.4 Å². The van der Waals surface area contributed by atoms with E-state index < -0.39 is 36.7 Å². The van der Waals surface area contributed by atoms with E-state index in [0.717, 1.165) is 5.56 Å². The highest BCUT2D eigenvalue weighted by molar-refractivity contribution is 5.89. The van der Waals surface area contributed by atoms with Gasteiger partial charge in [0.1, 0.15) is 18.7 Å². The highest BCUT2D eigenvalue weighted by Gasteiger charge is 2.29. The largest absolute Gasteiger partial charge is 0.480 e.